The van der Waals surface area contributed by atoms with Crippen molar-refractivity contribution in [1.29, 1.82) is 0 Å². The van der Waals surface area contributed by atoms with Crippen LogP contribution >= 0.6 is 0 Å². The van der Waals surface area contributed by atoms with Crippen molar-refractivity contribution in [3.05, 3.63) is 71.5 Å². The minimum Gasteiger partial charge on any atom is -0.329 e. The fourth-order valence-corrected chi connectivity index (χ4v) is 3.29. The zero-order chi connectivity index (χ0) is 16.1. The Morgan fingerprint density at radius 3 is 2.22 bits per heavy atom. The third kappa shape index (κ3) is 3.96. The molecule has 0 amide bonds. The standard InChI is InChI=1S/C19H24FN3/c20-18-9-5-4-8-17(18)19(14-21)23-12-10-22(11-13-23)15-16-6-2-1-3-7-16/h1-9,19H,10-15,21H2/t19-/m1/s1. The molecule has 2 aromatic carbocycles. The van der Waals surface area contributed by atoms with Gasteiger partial charge in [-0.15, -0.1) is 0 Å². The summed E-state index contributed by atoms with van der Waals surface area (Å²) in [7, 11) is 0. The Morgan fingerprint density at radius 2 is 1.57 bits per heavy atom. The average Bonchev–Trinajstić information content (AvgIpc) is 2.59. The third-order valence-corrected chi connectivity index (χ3v) is 4.58. The second-order valence-corrected chi connectivity index (χ2v) is 6.07. The lowest BCUT2D eigenvalue weighted by Crippen LogP contribution is -2.48. The zero-order valence-electron chi connectivity index (χ0n) is 13.4. The number of nitrogens with zero attached hydrogens (tertiary/aromatic N) is 2. The van der Waals surface area contributed by atoms with Gasteiger partial charge in [0, 0.05) is 44.8 Å². The monoisotopic (exact) mass is 313 g/mol. The quantitative estimate of drug-likeness (QED) is 0.921. The van der Waals surface area contributed by atoms with E-state index in [4.69, 9.17) is 5.73 Å². The summed E-state index contributed by atoms with van der Waals surface area (Å²) >= 11 is 0. The van der Waals surface area contributed by atoms with E-state index in [1.165, 1.54) is 11.6 Å². The predicted molar refractivity (Wildman–Crippen MR) is 91.5 cm³/mol. The van der Waals surface area contributed by atoms with Crippen LogP contribution in [-0.4, -0.2) is 42.5 Å². The summed E-state index contributed by atoms with van der Waals surface area (Å²) in [6.07, 6.45) is 0. The van der Waals surface area contributed by atoms with E-state index in [0.29, 0.717) is 12.1 Å². The first kappa shape index (κ1) is 16.1. The molecular formula is C19H24FN3. The summed E-state index contributed by atoms with van der Waals surface area (Å²) in [5.74, 6) is -0.158. The maximum absolute atomic E-state index is 14.1. The molecule has 1 fully saturated rings. The molecule has 0 radical (unpaired) electrons. The van der Waals surface area contributed by atoms with Gasteiger partial charge in [0.2, 0.25) is 0 Å². The Hall–Kier alpha value is -1.75. The highest BCUT2D eigenvalue weighted by atomic mass is 19.1. The summed E-state index contributed by atoms with van der Waals surface area (Å²) in [6.45, 7) is 5.23. The highest BCUT2D eigenvalue weighted by molar-refractivity contribution is 5.22. The van der Waals surface area contributed by atoms with Crippen LogP contribution in [0.5, 0.6) is 0 Å². The molecule has 0 aliphatic carbocycles. The zero-order valence-corrected chi connectivity index (χ0v) is 13.4. The van der Waals surface area contributed by atoms with Crippen LogP contribution in [0.4, 0.5) is 4.39 Å². The molecule has 2 N–H and O–H groups in total. The van der Waals surface area contributed by atoms with Crippen LogP contribution in [0.1, 0.15) is 17.2 Å². The molecule has 1 aliphatic heterocycles. The van der Waals surface area contributed by atoms with Crippen molar-refractivity contribution < 1.29 is 4.39 Å². The molecule has 122 valence electrons. The van der Waals surface area contributed by atoms with E-state index in [0.717, 1.165) is 32.7 Å². The minimum absolute atomic E-state index is 0.0323. The van der Waals surface area contributed by atoms with Gasteiger partial charge >= 0.3 is 0 Å². The number of hydrogen-bond acceptors (Lipinski definition) is 3. The molecule has 0 saturated carbocycles. The van der Waals surface area contributed by atoms with E-state index >= 15 is 0 Å². The number of rotatable bonds is 5. The normalized spacial score (nSPS) is 18.0. The van der Waals surface area contributed by atoms with E-state index in [-0.39, 0.29) is 11.9 Å². The molecule has 23 heavy (non-hydrogen) atoms. The first-order chi connectivity index (χ1) is 11.3. The van der Waals surface area contributed by atoms with Gasteiger partial charge in [-0.1, -0.05) is 48.5 Å². The van der Waals surface area contributed by atoms with E-state index in [1.54, 1.807) is 6.07 Å². The molecule has 1 heterocycles. The van der Waals surface area contributed by atoms with Crippen molar-refractivity contribution in [1.82, 2.24) is 9.80 Å². The summed E-state index contributed by atoms with van der Waals surface area (Å²) in [5.41, 5.74) is 7.99. The van der Waals surface area contributed by atoms with Crippen LogP contribution in [0.15, 0.2) is 54.6 Å². The van der Waals surface area contributed by atoms with Crippen molar-refractivity contribution in [2.24, 2.45) is 5.73 Å². The van der Waals surface area contributed by atoms with E-state index in [2.05, 4.69) is 34.1 Å². The summed E-state index contributed by atoms with van der Waals surface area (Å²) in [5, 5.41) is 0. The van der Waals surface area contributed by atoms with Gasteiger partial charge in [-0.3, -0.25) is 9.80 Å². The molecule has 0 unspecified atom stereocenters. The molecular weight excluding hydrogens is 289 g/mol. The molecule has 2 aromatic rings. The van der Waals surface area contributed by atoms with Gasteiger partial charge in [0.1, 0.15) is 5.82 Å². The van der Waals surface area contributed by atoms with Crippen molar-refractivity contribution in [3.63, 3.8) is 0 Å². The van der Waals surface area contributed by atoms with Crippen molar-refractivity contribution in [2.75, 3.05) is 32.7 Å². The van der Waals surface area contributed by atoms with Crippen molar-refractivity contribution in [3.8, 4) is 0 Å². The van der Waals surface area contributed by atoms with Crippen LogP contribution in [0.3, 0.4) is 0 Å². The minimum atomic E-state index is -0.158. The molecule has 1 saturated heterocycles. The van der Waals surface area contributed by atoms with Crippen LogP contribution in [0.25, 0.3) is 0 Å². The number of halogens is 1. The fourth-order valence-electron chi connectivity index (χ4n) is 3.29. The number of benzene rings is 2. The molecule has 0 bridgehead atoms. The largest absolute Gasteiger partial charge is 0.329 e. The van der Waals surface area contributed by atoms with Gasteiger partial charge in [0.25, 0.3) is 0 Å². The van der Waals surface area contributed by atoms with Crippen molar-refractivity contribution >= 4 is 0 Å². The smallest absolute Gasteiger partial charge is 0.128 e. The summed E-state index contributed by atoms with van der Waals surface area (Å²) < 4.78 is 14.1. The van der Waals surface area contributed by atoms with Crippen LogP contribution in [-0.2, 0) is 6.54 Å². The molecule has 1 atom stereocenters. The predicted octanol–water partition coefficient (Wildman–Crippen LogP) is 2.64. The highest BCUT2D eigenvalue weighted by Crippen LogP contribution is 2.24. The van der Waals surface area contributed by atoms with Gasteiger partial charge < -0.3 is 5.73 Å². The lowest BCUT2D eigenvalue weighted by molar-refractivity contribution is 0.0928. The Morgan fingerprint density at radius 1 is 0.913 bits per heavy atom. The topological polar surface area (TPSA) is 32.5 Å². The van der Waals surface area contributed by atoms with E-state index < -0.39 is 0 Å². The molecule has 0 spiro atoms. The Labute approximate surface area is 137 Å². The molecule has 0 aromatic heterocycles. The lowest BCUT2D eigenvalue weighted by Gasteiger charge is -2.39. The maximum atomic E-state index is 14.1. The summed E-state index contributed by atoms with van der Waals surface area (Å²) in [6, 6.07) is 17.5. The van der Waals surface area contributed by atoms with Gasteiger partial charge in [-0.25, -0.2) is 4.39 Å². The third-order valence-electron chi connectivity index (χ3n) is 4.58. The van der Waals surface area contributed by atoms with E-state index in [9.17, 15) is 4.39 Å². The molecule has 3 rings (SSSR count). The molecule has 1 aliphatic rings. The SMILES string of the molecule is NC[C@H](c1ccccc1F)N1CCN(Cc2ccccc2)CC1. The van der Waals surface area contributed by atoms with Crippen LogP contribution < -0.4 is 5.73 Å². The number of piperazine rings is 1. The maximum Gasteiger partial charge on any atom is 0.128 e. The average molecular weight is 313 g/mol. The van der Waals surface area contributed by atoms with Crippen molar-refractivity contribution in [2.45, 2.75) is 12.6 Å². The first-order valence-corrected chi connectivity index (χ1v) is 8.23. The highest BCUT2D eigenvalue weighted by Gasteiger charge is 2.25. The van der Waals surface area contributed by atoms with E-state index in [1.807, 2.05) is 18.2 Å². The number of nitrogens with two attached hydrogens (primary N) is 1. The van der Waals surface area contributed by atoms with Gasteiger partial charge in [0.15, 0.2) is 0 Å². The van der Waals surface area contributed by atoms with Crippen LogP contribution in [0.2, 0.25) is 0 Å². The van der Waals surface area contributed by atoms with Gasteiger partial charge in [0.05, 0.1) is 6.04 Å². The first-order valence-electron chi connectivity index (χ1n) is 8.23. The molecule has 3 nitrogen and oxygen atoms in total. The lowest BCUT2D eigenvalue weighted by atomic mass is 10.0. The van der Waals surface area contributed by atoms with Crippen LogP contribution in [0, 0.1) is 5.82 Å². The second kappa shape index (κ2) is 7.68. The van der Waals surface area contributed by atoms with Gasteiger partial charge in [-0.2, -0.15) is 0 Å². The molecule has 4 heteroatoms. The Balaban J connectivity index is 1.60. The summed E-state index contributed by atoms with van der Waals surface area (Å²) in [4.78, 5) is 4.75. The number of hydrogen-bond donors (Lipinski definition) is 1. The fraction of sp³-hybridized carbons (Fsp3) is 0.368. The Bertz CT molecular complexity index is 609. The second-order valence-electron chi connectivity index (χ2n) is 6.07. The Kier molecular flexibility index (Phi) is 5.39. The van der Waals surface area contributed by atoms with Gasteiger partial charge in [-0.05, 0) is 11.6 Å².